The zero-order chi connectivity index (χ0) is 19.9. The fourth-order valence-corrected chi connectivity index (χ4v) is 2.80. The predicted octanol–water partition coefficient (Wildman–Crippen LogP) is 3.90. The number of rotatable bonds is 3. The summed E-state index contributed by atoms with van der Waals surface area (Å²) in [7, 11) is 0. The van der Waals surface area contributed by atoms with Crippen LogP contribution in [0.2, 0.25) is 5.02 Å². The first-order valence-electron chi connectivity index (χ1n) is 7.92. The number of hydrogen-bond acceptors (Lipinski definition) is 4. The standard InChI is InChI=1S/C17H15ClF3N5O/c1-8-4-5-11(6-13(8)18)23-14(27)7-12-9(2)22-16-24-15(17(19,20)21)25-26(16)10(12)3/h4-6H,7H2,1-3H3,(H,23,27). The first kappa shape index (κ1) is 19.1. The molecule has 1 aromatic carbocycles. The topological polar surface area (TPSA) is 72.2 Å². The van der Waals surface area contributed by atoms with E-state index in [4.69, 9.17) is 11.6 Å². The smallest absolute Gasteiger partial charge is 0.326 e. The number of alkyl halides is 3. The maximum absolute atomic E-state index is 12.8. The van der Waals surface area contributed by atoms with E-state index in [1.165, 1.54) is 0 Å². The molecular formula is C17H15ClF3N5O. The second kappa shape index (κ2) is 6.80. The molecule has 0 radical (unpaired) electrons. The number of fused-ring (bicyclic) bond motifs is 1. The Labute approximate surface area is 157 Å². The van der Waals surface area contributed by atoms with Crippen LogP contribution in [0.1, 0.15) is 28.3 Å². The molecule has 0 atom stereocenters. The lowest BCUT2D eigenvalue weighted by atomic mass is 10.1. The van der Waals surface area contributed by atoms with E-state index in [0.717, 1.165) is 10.1 Å². The SMILES string of the molecule is Cc1ccc(NC(=O)Cc2c(C)nc3nc(C(F)(F)F)nn3c2C)cc1Cl. The number of benzene rings is 1. The third-order valence-electron chi connectivity index (χ3n) is 4.10. The summed E-state index contributed by atoms with van der Waals surface area (Å²) in [5.41, 5.74) is 2.68. The van der Waals surface area contributed by atoms with Crippen LogP contribution in [0.5, 0.6) is 0 Å². The van der Waals surface area contributed by atoms with Crippen molar-refractivity contribution in [2.24, 2.45) is 0 Å². The lowest BCUT2D eigenvalue weighted by Gasteiger charge is -2.11. The fourth-order valence-electron chi connectivity index (χ4n) is 2.62. The zero-order valence-corrected chi connectivity index (χ0v) is 15.4. The lowest BCUT2D eigenvalue weighted by Crippen LogP contribution is -2.18. The van der Waals surface area contributed by atoms with Crippen LogP contribution in [0, 0.1) is 20.8 Å². The van der Waals surface area contributed by atoms with Crippen LogP contribution in [-0.4, -0.2) is 25.5 Å². The molecule has 0 saturated heterocycles. The molecule has 6 nitrogen and oxygen atoms in total. The Hall–Kier alpha value is -2.68. The second-order valence-corrected chi connectivity index (χ2v) is 6.50. The van der Waals surface area contributed by atoms with E-state index in [9.17, 15) is 18.0 Å². The summed E-state index contributed by atoms with van der Waals surface area (Å²) in [5, 5.41) is 6.70. The predicted molar refractivity (Wildman–Crippen MR) is 93.8 cm³/mol. The summed E-state index contributed by atoms with van der Waals surface area (Å²) < 4.78 is 39.5. The molecule has 3 rings (SSSR count). The van der Waals surface area contributed by atoms with Gasteiger partial charge < -0.3 is 5.32 Å². The van der Waals surface area contributed by atoms with Gasteiger partial charge in [-0.1, -0.05) is 17.7 Å². The number of nitrogens with one attached hydrogen (secondary N) is 1. The van der Waals surface area contributed by atoms with E-state index in [1.807, 2.05) is 6.92 Å². The van der Waals surface area contributed by atoms with Crippen molar-refractivity contribution in [3.8, 4) is 0 Å². The number of amides is 1. The van der Waals surface area contributed by atoms with Gasteiger partial charge in [0.15, 0.2) is 0 Å². The van der Waals surface area contributed by atoms with E-state index in [0.29, 0.717) is 27.7 Å². The van der Waals surface area contributed by atoms with Gasteiger partial charge in [0.05, 0.1) is 6.42 Å². The molecule has 0 bridgehead atoms. The zero-order valence-electron chi connectivity index (χ0n) is 14.6. The first-order chi connectivity index (χ1) is 12.6. The molecule has 142 valence electrons. The van der Waals surface area contributed by atoms with Crippen molar-refractivity contribution in [3.63, 3.8) is 0 Å². The van der Waals surface area contributed by atoms with Crippen LogP contribution >= 0.6 is 11.6 Å². The fraction of sp³-hybridized carbons (Fsp3) is 0.294. The maximum Gasteiger partial charge on any atom is 0.453 e. The third-order valence-corrected chi connectivity index (χ3v) is 4.50. The van der Waals surface area contributed by atoms with Gasteiger partial charge in [0, 0.05) is 27.7 Å². The monoisotopic (exact) mass is 397 g/mol. The first-order valence-corrected chi connectivity index (χ1v) is 8.30. The summed E-state index contributed by atoms with van der Waals surface area (Å²) in [5.74, 6) is -1.78. The molecule has 1 amide bonds. The Bertz CT molecular complexity index is 1050. The number of aromatic nitrogens is 4. The largest absolute Gasteiger partial charge is 0.453 e. The number of carbonyl (C=O) groups excluding carboxylic acids is 1. The molecule has 10 heteroatoms. The van der Waals surface area contributed by atoms with Crippen LogP contribution in [-0.2, 0) is 17.4 Å². The highest BCUT2D eigenvalue weighted by Crippen LogP contribution is 2.27. The minimum atomic E-state index is -4.67. The molecule has 3 aromatic rings. The molecule has 1 N–H and O–H groups in total. The third kappa shape index (κ3) is 3.87. The summed E-state index contributed by atoms with van der Waals surface area (Å²) in [6, 6.07) is 5.12. The van der Waals surface area contributed by atoms with Crippen molar-refractivity contribution >= 4 is 29.0 Å². The lowest BCUT2D eigenvalue weighted by molar-refractivity contribution is -0.144. The van der Waals surface area contributed by atoms with Gasteiger partial charge in [0.2, 0.25) is 5.91 Å². The van der Waals surface area contributed by atoms with Crippen molar-refractivity contribution in [3.05, 3.63) is 51.6 Å². The summed E-state index contributed by atoms with van der Waals surface area (Å²) in [4.78, 5) is 19.8. The van der Waals surface area contributed by atoms with Gasteiger partial charge in [-0.3, -0.25) is 4.79 Å². The minimum absolute atomic E-state index is 0.0761. The van der Waals surface area contributed by atoms with E-state index in [-0.39, 0.29) is 18.1 Å². The molecule has 0 unspecified atom stereocenters. The highest BCUT2D eigenvalue weighted by molar-refractivity contribution is 6.31. The molecular weight excluding hydrogens is 383 g/mol. The molecule has 0 saturated carbocycles. The second-order valence-electron chi connectivity index (χ2n) is 6.10. The molecule has 2 aromatic heterocycles. The molecule has 0 fully saturated rings. The number of aryl methyl sites for hydroxylation is 3. The molecule has 27 heavy (non-hydrogen) atoms. The van der Waals surface area contributed by atoms with E-state index < -0.39 is 12.0 Å². The quantitative estimate of drug-likeness (QED) is 0.727. The van der Waals surface area contributed by atoms with E-state index in [1.54, 1.807) is 32.0 Å². The van der Waals surface area contributed by atoms with Gasteiger partial charge in [0.1, 0.15) is 0 Å². The Morgan fingerprint density at radius 1 is 1.22 bits per heavy atom. The van der Waals surface area contributed by atoms with Crippen molar-refractivity contribution < 1.29 is 18.0 Å². The van der Waals surface area contributed by atoms with Gasteiger partial charge in [0.25, 0.3) is 11.6 Å². The Balaban J connectivity index is 1.89. The molecule has 0 aliphatic heterocycles. The summed E-state index contributed by atoms with van der Waals surface area (Å²) in [6.07, 6.45) is -4.75. The minimum Gasteiger partial charge on any atom is -0.326 e. The Morgan fingerprint density at radius 3 is 2.56 bits per heavy atom. The molecule has 0 aliphatic carbocycles. The van der Waals surface area contributed by atoms with Crippen molar-refractivity contribution in [2.45, 2.75) is 33.4 Å². The average molecular weight is 398 g/mol. The number of nitrogens with zero attached hydrogens (tertiary/aromatic N) is 4. The van der Waals surface area contributed by atoms with Gasteiger partial charge >= 0.3 is 6.18 Å². The number of hydrogen-bond donors (Lipinski definition) is 1. The van der Waals surface area contributed by atoms with Crippen molar-refractivity contribution in [1.29, 1.82) is 0 Å². The normalized spacial score (nSPS) is 11.8. The summed E-state index contributed by atoms with van der Waals surface area (Å²) in [6.45, 7) is 5.02. The van der Waals surface area contributed by atoms with Crippen LogP contribution in [0.4, 0.5) is 18.9 Å². The molecule has 2 heterocycles. The Kier molecular flexibility index (Phi) is 4.81. The van der Waals surface area contributed by atoms with Gasteiger partial charge in [-0.05, 0) is 38.5 Å². The highest BCUT2D eigenvalue weighted by atomic mass is 35.5. The van der Waals surface area contributed by atoms with Crippen LogP contribution in [0.3, 0.4) is 0 Å². The van der Waals surface area contributed by atoms with Crippen LogP contribution in [0.15, 0.2) is 18.2 Å². The van der Waals surface area contributed by atoms with Crippen molar-refractivity contribution in [2.75, 3.05) is 5.32 Å². The van der Waals surface area contributed by atoms with Crippen molar-refractivity contribution in [1.82, 2.24) is 19.6 Å². The number of anilines is 1. The Morgan fingerprint density at radius 2 is 1.93 bits per heavy atom. The van der Waals surface area contributed by atoms with Crippen LogP contribution in [0.25, 0.3) is 5.78 Å². The van der Waals surface area contributed by atoms with E-state index >= 15 is 0 Å². The molecule has 0 aliphatic rings. The highest BCUT2D eigenvalue weighted by Gasteiger charge is 2.37. The average Bonchev–Trinajstić information content (AvgIpc) is 2.99. The van der Waals surface area contributed by atoms with Gasteiger partial charge in [-0.25, -0.2) is 9.50 Å². The maximum atomic E-state index is 12.8. The van der Waals surface area contributed by atoms with Crippen LogP contribution < -0.4 is 5.32 Å². The van der Waals surface area contributed by atoms with Gasteiger partial charge in [-0.2, -0.15) is 18.2 Å². The number of halogens is 4. The van der Waals surface area contributed by atoms with E-state index in [2.05, 4.69) is 20.4 Å². The molecule has 0 spiro atoms. The summed E-state index contributed by atoms with van der Waals surface area (Å²) >= 11 is 6.04. The number of carbonyl (C=O) groups is 1. The van der Waals surface area contributed by atoms with Gasteiger partial charge in [-0.15, -0.1) is 5.10 Å².